The van der Waals surface area contributed by atoms with Gasteiger partial charge in [0.2, 0.25) is 0 Å². The van der Waals surface area contributed by atoms with Crippen molar-refractivity contribution in [3.63, 3.8) is 0 Å². The van der Waals surface area contributed by atoms with Gasteiger partial charge in [-0.1, -0.05) is 0 Å². The lowest BCUT2D eigenvalue weighted by Gasteiger charge is -2.14. The van der Waals surface area contributed by atoms with E-state index in [9.17, 15) is 0 Å². The molecule has 0 amide bonds. The zero-order chi connectivity index (χ0) is 12.4. The standard InChI is InChI=1S/C13H10INS3/c1-5-3-7-4-15-8-11-9(6(2)13(14)18-11)17-12(8)10(7)16-5/h3,15H,4H2,1-2H3. The topological polar surface area (TPSA) is 12.0 Å². The number of hydrogen-bond donors (Lipinski definition) is 1. The van der Waals surface area contributed by atoms with Gasteiger partial charge in [-0.05, 0) is 53.6 Å². The van der Waals surface area contributed by atoms with Crippen molar-refractivity contribution in [2.24, 2.45) is 0 Å². The maximum absolute atomic E-state index is 3.62. The molecule has 0 aliphatic carbocycles. The third kappa shape index (κ3) is 1.47. The molecule has 1 aliphatic heterocycles. The van der Waals surface area contributed by atoms with Crippen LogP contribution in [-0.4, -0.2) is 0 Å². The molecule has 4 rings (SSSR count). The monoisotopic (exact) mass is 403 g/mol. The van der Waals surface area contributed by atoms with Gasteiger partial charge in [-0.2, -0.15) is 0 Å². The van der Waals surface area contributed by atoms with Crippen LogP contribution in [0.4, 0.5) is 5.69 Å². The number of nitrogens with one attached hydrogen (secondary N) is 1. The van der Waals surface area contributed by atoms with E-state index in [0.29, 0.717) is 0 Å². The highest BCUT2D eigenvalue weighted by atomic mass is 127. The van der Waals surface area contributed by atoms with E-state index in [1.165, 1.54) is 43.7 Å². The van der Waals surface area contributed by atoms with Crippen LogP contribution in [-0.2, 0) is 6.54 Å². The molecule has 3 aromatic heterocycles. The Morgan fingerprint density at radius 1 is 1.11 bits per heavy atom. The number of thiophene rings is 3. The van der Waals surface area contributed by atoms with Gasteiger partial charge < -0.3 is 5.32 Å². The summed E-state index contributed by atoms with van der Waals surface area (Å²) in [5.41, 5.74) is 4.29. The summed E-state index contributed by atoms with van der Waals surface area (Å²) in [4.78, 5) is 4.36. The lowest BCUT2D eigenvalue weighted by atomic mass is 10.1. The predicted octanol–water partition coefficient (Wildman–Crippen LogP) is 5.84. The molecule has 0 unspecified atom stereocenters. The molecule has 18 heavy (non-hydrogen) atoms. The first kappa shape index (κ1) is 11.7. The van der Waals surface area contributed by atoms with Crippen LogP contribution in [0, 0.1) is 16.7 Å². The number of anilines is 1. The van der Waals surface area contributed by atoms with Crippen LogP contribution in [0.2, 0.25) is 0 Å². The first-order valence-corrected chi connectivity index (χ1v) is 9.23. The quantitative estimate of drug-likeness (QED) is 0.465. The lowest BCUT2D eigenvalue weighted by Crippen LogP contribution is -2.03. The van der Waals surface area contributed by atoms with Crippen molar-refractivity contribution in [3.8, 4) is 9.75 Å². The Morgan fingerprint density at radius 2 is 1.94 bits per heavy atom. The van der Waals surface area contributed by atoms with Gasteiger partial charge in [-0.15, -0.1) is 34.0 Å². The SMILES string of the molecule is Cc1cc2c(s1)-c1sc3c(C)c(I)sc3c1NC2. The van der Waals surface area contributed by atoms with Crippen LogP contribution in [0.15, 0.2) is 6.07 Å². The first-order valence-electron chi connectivity index (χ1n) is 5.70. The van der Waals surface area contributed by atoms with Crippen molar-refractivity contribution in [1.29, 1.82) is 0 Å². The molecular weight excluding hydrogens is 393 g/mol. The van der Waals surface area contributed by atoms with E-state index < -0.39 is 0 Å². The Bertz CT molecular complexity index is 778. The number of halogens is 1. The summed E-state index contributed by atoms with van der Waals surface area (Å²) in [6.07, 6.45) is 0. The third-order valence-electron chi connectivity index (χ3n) is 3.29. The van der Waals surface area contributed by atoms with Crippen LogP contribution in [0.25, 0.3) is 19.2 Å². The zero-order valence-electron chi connectivity index (χ0n) is 9.89. The van der Waals surface area contributed by atoms with Crippen molar-refractivity contribution < 1.29 is 0 Å². The van der Waals surface area contributed by atoms with Gasteiger partial charge in [0, 0.05) is 11.4 Å². The number of aryl methyl sites for hydroxylation is 2. The average Bonchev–Trinajstić information content (AvgIpc) is 2.94. The molecule has 0 fully saturated rings. The number of hydrogen-bond acceptors (Lipinski definition) is 4. The van der Waals surface area contributed by atoms with Gasteiger partial charge in [-0.3, -0.25) is 0 Å². The van der Waals surface area contributed by atoms with Crippen molar-refractivity contribution in [2.75, 3.05) is 5.32 Å². The van der Waals surface area contributed by atoms with Gasteiger partial charge >= 0.3 is 0 Å². The van der Waals surface area contributed by atoms with E-state index in [2.05, 4.69) is 47.8 Å². The van der Waals surface area contributed by atoms with Crippen LogP contribution in [0.5, 0.6) is 0 Å². The average molecular weight is 403 g/mol. The van der Waals surface area contributed by atoms with E-state index >= 15 is 0 Å². The van der Waals surface area contributed by atoms with E-state index in [4.69, 9.17) is 0 Å². The van der Waals surface area contributed by atoms with Crippen molar-refractivity contribution >= 4 is 71.7 Å². The van der Waals surface area contributed by atoms with Crippen molar-refractivity contribution in [1.82, 2.24) is 0 Å². The summed E-state index contributed by atoms with van der Waals surface area (Å²) >= 11 is 8.27. The van der Waals surface area contributed by atoms with Crippen LogP contribution >= 0.6 is 56.6 Å². The summed E-state index contributed by atoms with van der Waals surface area (Å²) in [7, 11) is 0. The van der Waals surface area contributed by atoms with Gasteiger partial charge in [0.15, 0.2) is 0 Å². The molecule has 0 saturated carbocycles. The van der Waals surface area contributed by atoms with E-state index in [1.807, 2.05) is 34.0 Å². The van der Waals surface area contributed by atoms with E-state index in [1.54, 1.807) is 0 Å². The fourth-order valence-electron chi connectivity index (χ4n) is 2.41. The molecule has 5 heteroatoms. The molecule has 0 bridgehead atoms. The molecular formula is C13H10INS3. The summed E-state index contributed by atoms with van der Waals surface area (Å²) in [5.74, 6) is 0. The second-order valence-corrected chi connectivity index (χ2v) is 9.64. The second kappa shape index (κ2) is 3.94. The van der Waals surface area contributed by atoms with Crippen molar-refractivity contribution in [3.05, 3.63) is 25.0 Å². The smallest absolute Gasteiger partial charge is 0.0722 e. The Balaban J connectivity index is 2.08. The summed E-state index contributed by atoms with van der Waals surface area (Å²) in [6, 6.07) is 2.32. The highest BCUT2D eigenvalue weighted by molar-refractivity contribution is 14.1. The molecule has 0 radical (unpaired) electrons. The minimum atomic E-state index is 0.978. The van der Waals surface area contributed by atoms with Gasteiger partial charge in [0.1, 0.15) is 0 Å². The molecule has 3 aromatic rings. The number of fused-ring (bicyclic) bond motifs is 5. The molecule has 92 valence electrons. The van der Waals surface area contributed by atoms with Gasteiger partial charge in [0.05, 0.1) is 27.7 Å². The zero-order valence-corrected chi connectivity index (χ0v) is 14.5. The summed E-state index contributed by atoms with van der Waals surface area (Å²) < 4.78 is 4.35. The minimum Gasteiger partial charge on any atom is -0.379 e. The maximum Gasteiger partial charge on any atom is 0.0722 e. The molecule has 1 N–H and O–H groups in total. The molecule has 1 nitrogen and oxygen atoms in total. The normalized spacial score (nSPS) is 13.5. The third-order valence-corrected chi connectivity index (χ3v) is 8.55. The highest BCUT2D eigenvalue weighted by Crippen LogP contribution is 2.53. The lowest BCUT2D eigenvalue weighted by molar-refractivity contribution is 1.16. The predicted molar refractivity (Wildman–Crippen MR) is 92.5 cm³/mol. The van der Waals surface area contributed by atoms with Crippen LogP contribution in [0.1, 0.15) is 16.0 Å². The van der Waals surface area contributed by atoms with E-state index in [-0.39, 0.29) is 0 Å². The molecule has 0 atom stereocenters. The van der Waals surface area contributed by atoms with Gasteiger partial charge in [-0.25, -0.2) is 0 Å². The minimum absolute atomic E-state index is 0.978. The summed E-state index contributed by atoms with van der Waals surface area (Å²) in [5, 5.41) is 3.62. The molecule has 4 heterocycles. The fraction of sp³-hybridized carbons (Fsp3) is 0.231. The molecule has 0 aromatic carbocycles. The van der Waals surface area contributed by atoms with E-state index in [0.717, 1.165) is 6.54 Å². The molecule has 0 saturated heterocycles. The van der Waals surface area contributed by atoms with Gasteiger partial charge in [0.25, 0.3) is 0 Å². The maximum atomic E-state index is 3.62. The molecule has 1 aliphatic rings. The first-order chi connectivity index (χ1) is 8.65. The Kier molecular flexibility index (Phi) is 2.56. The van der Waals surface area contributed by atoms with Crippen LogP contribution in [0.3, 0.4) is 0 Å². The molecule has 0 spiro atoms. The van der Waals surface area contributed by atoms with Crippen molar-refractivity contribution in [2.45, 2.75) is 20.4 Å². The Morgan fingerprint density at radius 3 is 2.78 bits per heavy atom. The Hall–Kier alpha value is -0.110. The highest BCUT2D eigenvalue weighted by Gasteiger charge is 2.25. The van der Waals surface area contributed by atoms with Crippen LogP contribution < -0.4 is 5.32 Å². The summed E-state index contributed by atoms with van der Waals surface area (Å²) in [6.45, 7) is 5.42. The largest absolute Gasteiger partial charge is 0.379 e. The number of rotatable bonds is 0. The second-order valence-electron chi connectivity index (χ2n) is 4.53. The Labute approximate surface area is 131 Å². The fourth-order valence-corrected chi connectivity index (χ4v) is 7.24.